The predicted octanol–water partition coefficient (Wildman–Crippen LogP) is 1.06. The third-order valence-electron chi connectivity index (χ3n) is 3.31. The van der Waals surface area contributed by atoms with E-state index in [2.05, 4.69) is 4.90 Å². The lowest BCUT2D eigenvalue weighted by atomic mass is 10.1. The molecule has 0 aliphatic carbocycles. The summed E-state index contributed by atoms with van der Waals surface area (Å²) in [5.41, 5.74) is 7.89. The first-order valence-corrected chi connectivity index (χ1v) is 6.43. The number of nitrogen functional groups attached to an aromatic ring is 1. The minimum atomic E-state index is -0.183. The van der Waals surface area contributed by atoms with Gasteiger partial charge in [-0.05, 0) is 32.0 Å². The van der Waals surface area contributed by atoms with Gasteiger partial charge in [0.1, 0.15) is 0 Å². The van der Waals surface area contributed by atoms with E-state index in [0.29, 0.717) is 17.8 Å². The van der Waals surface area contributed by atoms with Crippen molar-refractivity contribution in [2.45, 2.75) is 26.1 Å². The van der Waals surface area contributed by atoms with Crippen LogP contribution in [0.3, 0.4) is 0 Å². The van der Waals surface area contributed by atoms with Crippen molar-refractivity contribution in [1.29, 1.82) is 0 Å². The minimum Gasteiger partial charge on any atom is -0.398 e. The highest BCUT2D eigenvalue weighted by molar-refractivity contribution is 5.99. The highest BCUT2D eigenvalue weighted by Crippen LogP contribution is 2.25. The first-order valence-electron chi connectivity index (χ1n) is 6.43. The van der Waals surface area contributed by atoms with Gasteiger partial charge in [-0.15, -0.1) is 0 Å². The van der Waals surface area contributed by atoms with Gasteiger partial charge in [0, 0.05) is 30.0 Å². The average Bonchev–Trinajstić information content (AvgIpc) is 2.37. The van der Waals surface area contributed by atoms with Gasteiger partial charge in [0.05, 0.1) is 18.8 Å². The van der Waals surface area contributed by atoms with Gasteiger partial charge < -0.3 is 20.5 Å². The molecule has 0 amide bonds. The van der Waals surface area contributed by atoms with Gasteiger partial charge in [0.2, 0.25) is 0 Å². The molecule has 2 rings (SSSR count). The number of benzene rings is 1. The zero-order valence-corrected chi connectivity index (χ0v) is 11.3. The smallest absolute Gasteiger partial charge is 0.161 e. The lowest BCUT2D eigenvalue weighted by Crippen LogP contribution is -2.48. The number of ketones is 1. The molecule has 5 nitrogen and oxygen atoms in total. The molecule has 1 fully saturated rings. The van der Waals surface area contributed by atoms with Crippen molar-refractivity contribution in [1.82, 2.24) is 0 Å². The molecule has 1 aliphatic rings. The van der Waals surface area contributed by atoms with Crippen molar-refractivity contribution in [2.75, 3.05) is 30.3 Å². The summed E-state index contributed by atoms with van der Waals surface area (Å²) in [5, 5.41) is 9.22. The molecular weight excluding hydrogens is 244 g/mol. The maximum absolute atomic E-state index is 11.4. The van der Waals surface area contributed by atoms with E-state index < -0.39 is 0 Å². The fourth-order valence-corrected chi connectivity index (χ4v) is 2.42. The lowest BCUT2D eigenvalue weighted by molar-refractivity contribution is -0.0421. The van der Waals surface area contributed by atoms with E-state index in [1.54, 1.807) is 6.07 Å². The third-order valence-corrected chi connectivity index (χ3v) is 3.31. The second kappa shape index (κ2) is 5.59. The van der Waals surface area contributed by atoms with Crippen LogP contribution in [0.1, 0.15) is 24.2 Å². The highest BCUT2D eigenvalue weighted by Gasteiger charge is 2.25. The van der Waals surface area contributed by atoms with E-state index in [1.807, 2.05) is 19.1 Å². The summed E-state index contributed by atoms with van der Waals surface area (Å²) in [4.78, 5) is 13.5. The number of carbonyl (C=O) groups excluding carboxylic acids is 1. The second-order valence-electron chi connectivity index (χ2n) is 4.98. The number of Topliss-reactive ketones (excluding diaryl/α,β-unsaturated/α-hetero) is 1. The molecular formula is C14H20N2O3. The Balaban J connectivity index is 2.21. The van der Waals surface area contributed by atoms with Crippen LogP contribution in [0.5, 0.6) is 0 Å². The standard InChI is InChI=1S/C14H20N2O3/c1-9-6-16(7-12(8-17)19-9)11-3-4-13(10(2)18)14(15)5-11/h3-5,9,12,17H,6-8,15H2,1-2H3. The van der Waals surface area contributed by atoms with Gasteiger partial charge >= 0.3 is 0 Å². The van der Waals surface area contributed by atoms with E-state index in [1.165, 1.54) is 6.92 Å². The summed E-state index contributed by atoms with van der Waals surface area (Å²) in [6.07, 6.45) is -0.128. The number of ether oxygens (including phenoxy) is 1. The number of anilines is 2. The predicted molar refractivity (Wildman–Crippen MR) is 74.5 cm³/mol. The van der Waals surface area contributed by atoms with Crippen LogP contribution < -0.4 is 10.6 Å². The molecule has 2 unspecified atom stereocenters. The fourth-order valence-electron chi connectivity index (χ4n) is 2.42. The van der Waals surface area contributed by atoms with Crippen molar-refractivity contribution < 1.29 is 14.6 Å². The van der Waals surface area contributed by atoms with Gasteiger partial charge in [-0.3, -0.25) is 4.79 Å². The Bertz CT molecular complexity index is 476. The summed E-state index contributed by atoms with van der Waals surface area (Å²) in [6, 6.07) is 5.45. The minimum absolute atomic E-state index is 0.00184. The first-order chi connectivity index (χ1) is 9.01. The van der Waals surface area contributed by atoms with Gasteiger partial charge in [0.15, 0.2) is 5.78 Å². The number of rotatable bonds is 3. The summed E-state index contributed by atoms with van der Waals surface area (Å²) < 4.78 is 5.60. The van der Waals surface area contributed by atoms with Crippen molar-refractivity contribution in [3.63, 3.8) is 0 Å². The maximum Gasteiger partial charge on any atom is 0.161 e. The van der Waals surface area contributed by atoms with Crippen LogP contribution in [0.25, 0.3) is 0 Å². The number of nitrogens with zero attached hydrogens (tertiary/aromatic N) is 1. The Hall–Kier alpha value is -1.59. The molecule has 5 heteroatoms. The summed E-state index contributed by atoms with van der Waals surface area (Å²) in [5.74, 6) is -0.0346. The molecule has 1 aromatic carbocycles. The fraction of sp³-hybridized carbons (Fsp3) is 0.500. The molecule has 1 saturated heterocycles. The molecule has 0 aromatic heterocycles. The topological polar surface area (TPSA) is 75.8 Å². The number of nitrogens with two attached hydrogens (primary N) is 1. The normalized spacial score (nSPS) is 23.4. The first kappa shape index (κ1) is 13.8. The SMILES string of the molecule is CC(=O)c1ccc(N2CC(C)OC(CO)C2)cc1N. The van der Waals surface area contributed by atoms with Crippen LogP contribution in [-0.4, -0.2) is 42.8 Å². The van der Waals surface area contributed by atoms with Crippen LogP contribution in [0.4, 0.5) is 11.4 Å². The Morgan fingerprint density at radius 2 is 2.26 bits per heavy atom. The highest BCUT2D eigenvalue weighted by atomic mass is 16.5. The van der Waals surface area contributed by atoms with Crippen molar-refractivity contribution in [2.24, 2.45) is 0 Å². The van der Waals surface area contributed by atoms with Crippen LogP contribution in [0.2, 0.25) is 0 Å². The Morgan fingerprint density at radius 3 is 2.84 bits per heavy atom. The number of morpholine rings is 1. The molecule has 19 heavy (non-hydrogen) atoms. The summed E-state index contributed by atoms with van der Waals surface area (Å²) in [6.45, 7) is 4.85. The number of aliphatic hydroxyl groups excluding tert-OH is 1. The Morgan fingerprint density at radius 1 is 1.53 bits per heavy atom. The summed E-state index contributed by atoms with van der Waals surface area (Å²) in [7, 11) is 0. The molecule has 0 spiro atoms. The molecule has 0 bridgehead atoms. The second-order valence-corrected chi connectivity index (χ2v) is 4.98. The van der Waals surface area contributed by atoms with E-state index in [4.69, 9.17) is 10.5 Å². The molecule has 2 atom stereocenters. The monoisotopic (exact) mass is 264 g/mol. The zero-order chi connectivity index (χ0) is 14.0. The Labute approximate surface area is 113 Å². The summed E-state index contributed by atoms with van der Waals surface area (Å²) >= 11 is 0. The zero-order valence-electron chi connectivity index (χ0n) is 11.3. The van der Waals surface area contributed by atoms with Crippen LogP contribution in [0, 0.1) is 0 Å². The van der Waals surface area contributed by atoms with Gasteiger partial charge in [-0.25, -0.2) is 0 Å². The van der Waals surface area contributed by atoms with Crippen molar-refractivity contribution >= 4 is 17.2 Å². The molecule has 1 heterocycles. The average molecular weight is 264 g/mol. The van der Waals surface area contributed by atoms with Gasteiger partial charge in [0.25, 0.3) is 0 Å². The Kier molecular flexibility index (Phi) is 4.07. The van der Waals surface area contributed by atoms with E-state index in [0.717, 1.165) is 12.2 Å². The van der Waals surface area contributed by atoms with Gasteiger partial charge in [-0.1, -0.05) is 0 Å². The van der Waals surface area contributed by atoms with E-state index in [-0.39, 0.29) is 24.6 Å². The number of carbonyl (C=O) groups is 1. The third kappa shape index (κ3) is 3.05. The molecule has 0 saturated carbocycles. The maximum atomic E-state index is 11.4. The van der Waals surface area contributed by atoms with Gasteiger partial charge in [-0.2, -0.15) is 0 Å². The van der Waals surface area contributed by atoms with Crippen LogP contribution >= 0.6 is 0 Å². The lowest BCUT2D eigenvalue weighted by Gasteiger charge is -2.37. The molecule has 104 valence electrons. The number of hydrogen-bond acceptors (Lipinski definition) is 5. The molecule has 1 aromatic rings. The number of aliphatic hydroxyl groups is 1. The van der Waals surface area contributed by atoms with E-state index in [9.17, 15) is 9.90 Å². The molecule has 3 N–H and O–H groups in total. The van der Waals surface area contributed by atoms with Crippen molar-refractivity contribution in [3.05, 3.63) is 23.8 Å². The van der Waals surface area contributed by atoms with Crippen LogP contribution in [0.15, 0.2) is 18.2 Å². The number of hydrogen-bond donors (Lipinski definition) is 2. The quantitative estimate of drug-likeness (QED) is 0.630. The largest absolute Gasteiger partial charge is 0.398 e. The van der Waals surface area contributed by atoms with Crippen LogP contribution in [-0.2, 0) is 4.74 Å². The molecule has 1 aliphatic heterocycles. The molecule has 0 radical (unpaired) electrons. The van der Waals surface area contributed by atoms with E-state index >= 15 is 0 Å². The van der Waals surface area contributed by atoms with Crippen molar-refractivity contribution in [3.8, 4) is 0 Å².